The Balaban J connectivity index is 0.000000200. The number of ketones is 1. The predicted octanol–water partition coefficient (Wildman–Crippen LogP) is 4.39. The molecule has 4 aliphatic rings. The summed E-state index contributed by atoms with van der Waals surface area (Å²) in [5, 5.41) is 0. The second-order valence-electron chi connectivity index (χ2n) is 11.0. The number of Topliss-reactive ketones (excluding diaryl/α,β-unsaturated/α-hetero) is 1. The van der Waals surface area contributed by atoms with E-state index in [-0.39, 0.29) is 22.9 Å². The van der Waals surface area contributed by atoms with Gasteiger partial charge in [0.25, 0.3) is 0 Å². The first-order valence-electron chi connectivity index (χ1n) is 12.5. The maximum atomic E-state index is 12.4. The number of H-pyrrole nitrogens is 1. The van der Waals surface area contributed by atoms with Crippen molar-refractivity contribution in [2.24, 2.45) is 28.6 Å². The van der Waals surface area contributed by atoms with Crippen LogP contribution in [0.1, 0.15) is 72.1 Å². The van der Waals surface area contributed by atoms with Gasteiger partial charge >= 0.3 is 5.97 Å². The summed E-state index contributed by atoms with van der Waals surface area (Å²) in [5.41, 5.74) is 8.51. The molecule has 6 unspecified atom stereocenters. The molecule has 0 radical (unpaired) electrons. The summed E-state index contributed by atoms with van der Waals surface area (Å²) in [6, 6.07) is 0. The predicted molar refractivity (Wildman–Crippen MR) is 128 cm³/mol. The van der Waals surface area contributed by atoms with Gasteiger partial charge in [-0.1, -0.05) is 25.5 Å². The van der Waals surface area contributed by atoms with E-state index in [0.29, 0.717) is 40.5 Å². The molecule has 8 nitrogen and oxygen atoms in total. The van der Waals surface area contributed by atoms with Crippen LogP contribution in [0.25, 0.3) is 11.2 Å². The van der Waals surface area contributed by atoms with Gasteiger partial charge in [0.1, 0.15) is 23.7 Å². The Bertz CT molecular complexity index is 1140. The summed E-state index contributed by atoms with van der Waals surface area (Å²) < 4.78 is 5.50. The number of anilines is 1. The van der Waals surface area contributed by atoms with E-state index in [9.17, 15) is 9.59 Å². The molecule has 2 heterocycles. The average Bonchev–Trinajstić information content (AvgIpc) is 3.40. The van der Waals surface area contributed by atoms with Gasteiger partial charge in [0.15, 0.2) is 11.5 Å². The number of ether oxygens (including phenoxy) is 1. The van der Waals surface area contributed by atoms with Crippen molar-refractivity contribution >= 4 is 28.7 Å². The van der Waals surface area contributed by atoms with Crippen LogP contribution < -0.4 is 5.73 Å². The topological polar surface area (TPSA) is 124 Å². The number of nitrogen functional groups attached to an aromatic ring is 1. The van der Waals surface area contributed by atoms with E-state index in [1.807, 2.05) is 0 Å². The molecule has 2 aromatic heterocycles. The summed E-state index contributed by atoms with van der Waals surface area (Å²) in [4.78, 5) is 38.1. The van der Waals surface area contributed by atoms with Crippen LogP contribution in [-0.2, 0) is 14.3 Å². The van der Waals surface area contributed by atoms with Crippen LogP contribution in [0.2, 0.25) is 0 Å². The molecule has 34 heavy (non-hydrogen) atoms. The third kappa shape index (κ3) is 3.71. The SMILES string of the molecule is CC(=O)OC1CCC2(C)C(=CCC3C4CCC(=O)C4(C)CCC32)C1.Nc1ncnc2nc[nH]c12. The minimum atomic E-state index is -0.157. The summed E-state index contributed by atoms with van der Waals surface area (Å²) in [6.07, 6.45) is 13.8. The Morgan fingerprint density at radius 3 is 2.65 bits per heavy atom. The third-order valence-electron chi connectivity index (χ3n) is 9.35. The number of aromatic amines is 1. The highest BCUT2D eigenvalue weighted by molar-refractivity contribution is 5.87. The maximum absolute atomic E-state index is 12.4. The standard InChI is InChI=1S/C21H30O3.C5H5N5/c1-13(22)24-15-8-10-20(2)14(12-15)4-5-16-17-6-7-19(23)21(17,3)11-9-18(16)20;6-4-3-5(9-1-7-3)10-2-8-4/h4,15-18H,5-12H2,1-3H3;1-2H,(H3,6,7,8,9,10). The van der Waals surface area contributed by atoms with Crippen molar-refractivity contribution in [3.8, 4) is 0 Å². The first-order valence-corrected chi connectivity index (χ1v) is 12.5. The van der Waals surface area contributed by atoms with E-state index in [1.54, 1.807) is 0 Å². The number of allylic oxidation sites excluding steroid dienone is 1. The van der Waals surface area contributed by atoms with Crippen LogP contribution >= 0.6 is 0 Å². The average molecular weight is 466 g/mol. The highest BCUT2D eigenvalue weighted by Crippen LogP contribution is 2.64. The number of nitrogens with one attached hydrogen (secondary N) is 1. The second-order valence-corrected chi connectivity index (χ2v) is 11.0. The fourth-order valence-electron chi connectivity index (χ4n) is 7.52. The number of carbonyl (C=O) groups is 2. The van der Waals surface area contributed by atoms with Gasteiger partial charge in [-0.25, -0.2) is 15.0 Å². The molecule has 6 rings (SSSR count). The number of rotatable bonds is 1. The van der Waals surface area contributed by atoms with Crippen LogP contribution in [0, 0.1) is 28.6 Å². The van der Waals surface area contributed by atoms with Crippen molar-refractivity contribution < 1.29 is 14.3 Å². The van der Waals surface area contributed by atoms with Gasteiger partial charge in [0, 0.05) is 25.2 Å². The van der Waals surface area contributed by atoms with Crippen molar-refractivity contribution in [2.75, 3.05) is 5.73 Å². The van der Waals surface area contributed by atoms with Crippen LogP contribution in [0.4, 0.5) is 5.82 Å². The summed E-state index contributed by atoms with van der Waals surface area (Å²) in [7, 11) is 0. The van der Waals surface area contributed by atoms with E-state index in [4.69, 9.17) is 10.5 Å². The molecule has 182 valence electrons. The molecule has 2 aromatic rings. The molecular weight excluding hydrogens is 430 g/mol. The Morgan fingerprint density at radius 1 is 1.12 bits per heavy atom. The Hall–Kier alpha value is -2.77. The van der Waals surface area contributed by atoms with Crippen molar-refractivity contribution in [1.29, 1.82) is 0 Å². The van der Waals surface area contributed by atoms with Crippen molar-refractivity contribution in [3.05, 3.63) is 24.3 Å². The molecule has 8 heteroatoms. The molecule has 0 aliphatic heterocycles. The summed E-state index contributed by atoms with van der Waals surface area (Å²) in [5.74, 6) is 2.77. The number of nitrogens with zero attached hydrogens (tertiary/aromatic N) is 3. The largest absolute Gasteiger partial charge is 0.462 e. The number of aromatic nitrogens is 4. The molecule has 0 amide bonds. The minimum absolute atomic E-state index is 0.0438. The number of carbonyl (C=O) groups excluding carboxylic acids is 2. The Labute approximate surface area is 200 Å². The van der Waals surface area contributed by atoms with E-state index in [0.717, 1.165) is 44.9 Å². The van der Waals surface area contributed by atoms with E-state index in [1.165, 1.54) is 31.6 Å². The third-order valence-corrected chi connectivity index (χ3v) is 9.35. The van der Waals surface area contributed by atoms with Gasteiger partial charge in [0.2, 0.25) is 0 Å². The highest BCUT2D eigenvalue weighted by Gasteiger charge is 2.58. The Morgan fingerprint density at radius 2 is 1.88 bits per heavy atom. The van der Waals surface area contributed by atoms with Crippen molar-refractivity contribution in [1.82, 2.24) is 19.9 Å². The quantitative estimate of drug-likeness (QED) is 0.473. The lowest BCUT2D eigenvalue weighted by atomic mass is 9.48. The maximum Gasteiger partial charge on any atom is 0.302 e. The normalized spacial score (nSPS) is 36.4. The molecule has 4 aliphatic carbocycles. The minimum Gasteiger partial charge on any atom is -0.462 e. The smallest absolute Gasteiger partial charge is 0.302 e. The molecular formula is C26H35N5O3. The van der Waals surface area contributed by atoms with Crippen LogP contribution in [0.3, 0.4) is 0 Å². The molecule has 6 atom stereocenters. The second kappa shape index (κ2) is 8.47. The van der Waals surface area contributed by atoms with Gasteiger partial charge in [-0.15, -0.1) is 0 Å². The molecule has 0 saturated heterocycles. The molecule has 3 fully saturated rings. The van der Waals surface area contributed by atoms with Gasteiger partial charge in [0.05, 0.1) is 6.33 Å². The number of imidazole rings is 1. The van der Waals surface area contributed by atoms with E-state index >= 15 is 0 Å². The molecule has 0 bridgehead atoms. The monoisotopic (exact) mass is 465 g/mol. The van der Waals surface area contributed by atoms with Gasteiger partial charge in [-0.05, 0) is 61.7 Å². The molecule has 3 saturated carbocycles. The lowest BCUT2D eigenvalue weighted by Crippen LogP contribution is -2.50. The highest BCUT2D eigenvalue weighted by atomic mass is 16.5. The van der Waals surface area contributed by atoms with Gasteiger partial charge in [-0.2, -0.15) is 0 Å². The first kappa shape index (κ1) is 23.0. The fourth-order valence-corrected chi connectivity index (χ4v) is 7.52. The van der Waals surface area contributed by atoms with Crippen LogP contribution in [0.15, 0.2) is 24.3 Å². The zero-order valence-electron chi connectivity index (χ0n) is 20.3. The number of fused-ring (bicyclic) bond motifs is 6. The van der Waals surface area contributed by atoms with Gasteiger partial charge < -0.3 is 15.5 Å². The zero-order chi connectivity index (χ0) is 24.1. The molecule has 0 spiro atoms. The fraction of sp³-hybridized carbons (Fsp3) is 0.654. The number of hydrogen-bond acceptors (Lipinski definition) is 7. The summed E-state index contributed by atoms with van der Waals surface area (Å²) in [6.45, 7) is 6.19. The van der Waals surface area contributed by atoms with Crippen molar-refractivity contribution in [2.45, 2.75) is 78.2 Å². The number of esters is 1. The summed E-state index contributed by atoms with van der Waals surface area (Å²) >= 11 is 0. The Kier molecular flexibility index (Phi) is 5.73. The van der Waals surface area contributed by atoms with Gasteiger partial charge in [-0.3, -0.25) is 9.59 Å². The zero-order valence-corrected chi connectivity index (χ0v) is 20.3. The number of nitrogens with two attached hydrogens (primary N) is 1. The number of hydrogen-bond donors (Lipinski definition) is 2. The molecule has 3 N–H and O–H groups in total. The van der Waals surface area contributed by atoms with Crippen LogP contribution in [-0.4, -0.2) is 37.8 Å². The molecule has 0 aromatic carbocycles. The van der Waals surface area contributed by atoms with E-state index < -0.39 is 0 Å². The lowest BCUT2D eigenvalue weighted by molar-refractivity contribution is -0.148. The first-order chi connectivity index (χ1) is 16.2. The van der Waals surface area contributed by atoms with Crippen LogP contribution in [0.5, 0.6) is 0 Å². The van der Waals surface area contributed by atoms with E-state index in [2.05, 4.69) is 39.9 Å². The van der Waals surface area contributed by atoms with Crippen molar-refractivity contribution in [3.63, 3.8) is 0 Å². The lowest BCUT2D eigenvalue weighted by Gasteiger charge is -2.56.